The lowest BCUT2D eigenvalue weighted by atomic mass is 9.93. The smallest absolute Gasteiger partial charge is 0.229 e. The van der Waals surface area contributed by atoms with Crippen LogP contribution in [0.5, 0.6) is 0 Å². The Hall–Kier alpha value is -1.75. The fraction of sp³-hybridized carbons (Fsp3) is 0.632. The van der Waals surface area contributed by atoms with Crippen LogP contribution in [0.3, 0.4) is 0 Å². The Kier molecular flexibility index (Phi) is 4.88. The van der Waals surface area contributed by atoms with Crippen molar-refractivity contribution >= 4 is 0 Å². The number of rotatable bonds is 7. The largest absolute Gasteiger partial charge is 0.339 e. The number of pyridine rings is 1. The summed E-state index contributed by atoms with van der Waals surface area (Å²) >= 11 is 0. The molecule has 3 heterocycles. The minimum Gasteiger partial charge on any atom is -0.339 e. The third-order valence-electron chi connectivity index (χ3n) is 5.25. The van der Waals surface area contributed by atoms with Crippen LogP contribution in [-0.4, -0.2) is 39.7 Å². The Balaban J connectivity index is 1.16. The third-order valence-corrected chi connectivity index (χ3v) is 5.25. The van der Waals surface area contributed by atoms with Gasteiger partial charge in [0.15, 0.2) is 5.82 Å². The highest BCUT2D eigenvalue weighted by atomic mass is 16.5. The molecule has 2 aliphatic rings. The van der Waals surface area contributed by atoms with Crippen molar-refractivity contribution in [3.8, 4) is 0 Å². The average Bonchev–Trinajstić information content (AvgIpc) is 3.37. The van der Waals surface area contributed by atoms with Crippen molar-refractivity contribution in [3.05, 3.63) is 41.8 Å². The summed E-state index contributed by atoms with van der Waals surface area (Å²) < 4.78 is 5.37. The highest BCUT2D eigenvalue weighted by molar-refractivity contribution is 5.08. The first kappa shape index (κ1) is 15.8. The van der Waals surface area contributed by atoms with E-state index < -0.39 is 0 Å². The second-order valence-electron chi connectivity index (χ2n) is 7.28. The molecule has 128 valence electrons. The van der Waals surface area contributed by atoms with E-state index in [9.17, 15) is 0 Å². The molecule has 1 saturated carbocycles. The van der Waals surface area contributed by atoms with Gasteiger partial charge in [-0.2, -0.15) is 4.98 Å². The van der Waals surface area contributed by atoms with Gasteiger partial charge in [0.05, 0.1) is 0 Å². The molecule has 5 nitrogen and oxygen atoms in total. The van der Waals surface area contributed by atoms with Crippen LogP contribution in [0.15, 0.2) is 29.0 Å². The van der Waals surface area contributed by atoms with Crippen LogP contribution in [0.4, 0.5) is 0 Å². The maximum absolute atomic E-state index is 5.37. The summed E-state index contributed by atoms with van der Waals surface area (Å²) in [6, 6.07) is 4.19. The van der Waals surface area contributed by atoms with E-state index in [0.29, 0.717) is 11.8 Å². The van der Waals surface area contributed by atoms with Crippen LogP contribution in [0, 0.1) is 5.92 Å². The maximum atomic E-state index is 5.37. The van der Waals surface area contributed by atoms with Crippen LogP contribution in [0.2, 0.25) is 0 Å². The van der Waals surface area contributed by atoms with Gasteiger partial charge in [0.25, 0.3) is 0 Å². The van der Waals surface area contributed by atoms with E-state index in [1.54, 1.807) is 0 Å². The molecule has 4 rings (SSSR count). The van der Waals surface area contributed by atoms with Crippen molar-refractivity contribution in [1.29, 1.82) is 0 Å². The van der Waals surface area contributed by atoms with Gasteiger partial charge in [0.2, 0.25) is 5.89 Å². The zero-order valence-electron chi connectivity index (χ0n) is 14.2. The molecular weight excluding hydrogens is 300 g/mol. The molecule has 0 spiro atoms. The summed E-state index contributed by atoms with van der Waals surface area (Å²) in [4.78, 5) is 11.4. The molecule has 0 aromatic carbocycles. The first-order valence-corrected chi connectivity index (χ1v) is 9.30. The van der Waals surface area contributed by atoms with E-state index >= 15 is 0 Å². The molecule has 0 unspecified atom stereocenters. The molecule has 0 amide bonds. The molecule has 2 fully saturated rings. The van der Waals surface area contributed by atoms with Gasteiger partial charge in [-0.05, 0) is 75.7 Å². The van der Waals surface area contributed by atoms with Gasteiger partial charge in [-0.25, -0.2) is 0 Å². The summed E-state index contributed by atoms with van der Waals surface area (Å²) in [5.74, 6) is 3.07. The highest BCUT2D eigenvalue weighted by Gasteiger charge is 2.30. The lowest BCUT2D eigenvalue weighted by Crippen LogP contribution is -2.35. The second-order valence-corrected chi connectivity index (χ2v) is 7.28. The van der Waals surface area contributed by atoms with Crippen LogP contribution < -0.4 is 0 Å². The normalized spacial score (nSPS) is 19.7. The molecule has 1 aliphatic heterocycles. The van der Waals surface area contributed by atoms with Crippen LogP contribution in [-0.2, 0) is 12.8 Å². The van der Waals surface area contributed by atoms with Crippen molar-refractivity contribution < 1.29 is 4.52 Å². The molecule has 0 bridgehead atoms. The van der Waals surface area contributed by atoms with Gasteiger partial charge in [-0.1, -0.05) is 11.2 Å². The number of aromatic nitrogens is 3. The summed E-state index contributed by atoms with van der Waals surface area (Å²) in [5.41, 5.74) is 1.34. The third kappa shape index (κ3) is 4.20. The number of aryl methyl sites for hydroxylation is 1. The standard InChI is InChI=1S/C19H26N4O/c1-3-16(14-20-9-1)4-2-10-23-11-7-15(8-12-23)13-18-21-19(24-22-18)17-5-6-17/h1,3,9,14-15,17H,2,4-8,10-13H2. The summed E-state index contributed by atoms with van der Waals surface area (Å²) in [7, 11) is 0. The van der Waals surface area contributed by atoms with E-state index in [0.717, 1.165) is 24.6 Å². The van der Waals surface area contributed by atoms with Crippen LogP contribution in [0.25, 0.3) is 0 Å². The second kappa shape index (κ2) is 7.43. The Bertz CT molecular complexity index is 630. The Morgan fingerprint density at radius 3 is 2.79 bits per heavy atom. The molecule has 1 saturated heterocycles. The quantitative estimate of drug-likeness (QED) is 0.782. The molecule has 2 aromatic heterocycles. The Labute approximate surface area is 143 Å². The van der Waals surface area contributed by atoms with Crippen molar-refractivity contribution in [2.75, 3.05) is 19.6 Å². The van der Waals surface area contributed by atoms with Gasteiger partial charge >= 0.3 is 0 Å². The Morgan fingerprint density at radius 2 is 2.04 bits per heavy atom. The van der Waals surface area contributed by atoms with Crippen molar-refractivity contribution in [1.82, 2.24) is 20.0 Å². The molecule has 0 radical (unpaired) electrons. The monoisotopic (exact) mass is 326 g/mol. The number of nitrogens with zero attached hydrogens (tertiary/aromatic N) is 4. The van der Waals surface area contributed by atoms with Gasteiger partial charge < -0.3 is 9.42 Å². The van der Waals surface area contributed by atoms with Gasteiger partial charge in [-0.3, -0.25) is 4.98 Å². The highest BCUT2D eigenvalue weighted by Crippen LogP contribution is 2.39. The topological polar surface area (TPSA) is 55.1 Å². The number of piperidine rings is 1. The summed E-state index contributed by atoms with van der Waals surface area (Å²) in [5, 5.41) is 4.17. The maximum Gasteiger partial charge on any atom is 0.229 e. The predicted molar refractivity (Wildman–Crippen MR) is 91.7 cm³/mol. The van der Waals surface area contributed by atoms with E-state index in [4.69, 9.17) is 4.52 Å². The molecule has 1 aliphatic carbocycles. The number of hydrogen-bond donors (Lipinski definition) is 0. The summed E-state index contributed by atoms with van der Waals surface area (Å²) in [6.45, 7) is 3.59. The number of hydrogen-bond acceptors (Lipinski definition) is 5. The van der Waals surface area contributed by atoms with E-state index in [1.807, 2.05) is 18.5 Å². The zero-order chi connectivity index (χ0) is 16.2. The summed E-state index contributed by atoms with van der Waals surface area (Å²) in [6.07, 6.45) is 12.1. The minimum atomic E-state index is 0.563. The lowest BCUT2D eigenvalue weighted by molar-refractivity contribution is 0.180. The average molecular weight is 326 g/mol. The SMILES string of the molecule is c1cncc(CCCN2CCC(Cc3noc(C4CC4)n3)CC2)c1. The van der Waals surface area contributed by atoms with E-state index in [2.05, 4.69) is 26.1 Å². The zero-order valence-corrected chi connectivity index (χ0v) is 14.2. The van der Waals surface area contributed by atoms with Crippen molar-refractivity contribution in [2.24, 2.45) is 5.92 Å². The van der Waals surface area contributed by atoms with Gasteiger partial charge in [0.1, 0.15) is 0 Å². The number of likely N-dealkylation sites (tertiary alicyclic amines) is 1. The van der Waals surface area contributed by atoms with Crippen LogP contribution >= 0.6 is 0 Å². The fourth-order valence-corrected chi connectivity index (χ4v) is 3.57. The molecule has 0 N–H and O–H groups in total. The van der Waals surface area contributed by atoms with Gasteiger partial charge in [0, 0.05) is 24.7 Å². The first-order valence-electron chi connectivity index (χ1n) is 9.30. The van der Waals surface area contributed by atoms with Crippen molar-refractivity contribution in [3.63, 3.8) is 0 Å². The molecular formula is C19H26N4O. The van der Waals surface area contributed by atoms with Crippen LogP contribution in [0.1, 0.15) is 55.3 Å². The predicted octanol–water partition coefficient (Wildman–Crippen LogP) is 3.23. The van der Waals surface area contributed by atoms with Gasteiger partial charge in [-0.15, -0.1) is 0 Å². The molecule has 5 heteroatoms. The fourth-order valence-electron chi connectivity index (χ4n) is 3.57. The van der Waals surface area contributed by atoms with Crippen molar-refractivity contribution in [2.45, 2.75) is 50.9 Å². The Morgan fingerprint density at radius 1 is 1.17 bits per heavy atom. The molecule has 0 atom stereocenters. The minimum absolute atomic E-state index is 0.563. The first-order chi connectivity index (χ1) is 11.9. The molecule has 24 heavy (non-hydrogen) atoms. The lowest BCUT2D eigenvalue weighted by Gasteiger charge is -2.31. The van der Waals surface area contributed by atoms with E-state index in [-0.39, 0.29) is 0 Å². The molecule has 2 aromatic rings. The van der Waals surface area contributed by atoms with E-state index in [1.165, 1.54) is 57.3 Å².